The predicted octanol–water partition coefficient (Wildman–Crippen LogP) is 0.0547. The molecule has 0 bridgehead atoms. The van der Waals surface area contributed by atoms with Crippen LogP contribution in [-0.4, -0.2) is 151 Å². The van der Waals surface area contributed by atoms with Crippen LogP contribution in [0.1, 0.15) is 111 Å². The molecule has 11 atom stereocenters. The number of amides is 8. The molecule has 3 rings (SSSR count). The molecule has 81 heavy (non-hydrogen) atoms. The highest BCUT2D eigenvalue weighted by Gasteiger charge is 2.37. The van der Waals surface area contributed by atoms with E-state index in [9.17, 15) is 63.6 Å². The van der Waals surface area contributed by atoms with Crippen molar-refractivity contribution in [1.29, 1.82) is 0 Å². The minimum Gasteiger partial charge on any atom is -0.508 e. The van der Waals surface area contributed by atoms with E-state index in [4.69, 9.17) is 11.5 Å². The second kappa shape index (κ2) is 33.8. The van der Waals surface area contributed by atoms with Gasteiger partial charge in [-0.25, -0.2) is 9.78 Å². The summed E-state index contributed by atoms with van der Waals surface area (Å²) in [7, 11) is 0. The first-order valence-electron chi connectivity index (χ1n) is 27.6. The molecular weight excluding hydrogens is 1050 g/mol. The summed E-state index contributed by atoms with van der Waals surface area (Å²) in [6.07, 6.45) is 4.13. The Hall–Kier alpha value is -7.64. The van der Waals surface area contributed by atoms with Crippen LogP contribution in [0.5, 0.6) is 11.5 Å². The standard InChI is InChI=1S/C56H86N12O13/c1-9-32(7)46(55(79)64-42(25-35-16-20-38(71)21-17-35)51(75)65-44(28-69)53(77)61-40(13-11-12-22-57)49(73)68-47(56(80)81)33(8)10-2)67-52(76)43(26-36-27-59-29-60-36)62-50(74)41(24-34-14-18-37(70)19-15-34)63-54(78)45(31(5)6)66-48(72)39(58)23-30(3)4/h14-21,27,29-33,39-47,69-71H,9-13,22-26,28,57-58H2,1-8H3,(H,59,60)(H,61,77)(H,62,74)(H,63,78)(H,64,79)(H,65,75)(H,66,72)(H,67,76)(H,68,73)(H,80,81)/t32-,33-,39-,40-,41-,42-,43-,44-,45-,46-,47-/m0/s1. The second-order valence-electron chi connectivity index (χ2n) is 21.3. The Morgan fingerprint density at radius 1 is 0.543 bits per heavy atom. The van der Waals surface area contributed by atoms with E-state index in [1.54, 1.807) is 53.7 Å². The molecule has 3 aromatic rings. The maximum Gasteiger partial charge on any atom is 0.326 e. The molecular formula is C56H86N12O13. The smallest absolute Gasteiger partial charge is 0.326 e. The van der Waals surface area contributed by atoms with Gasteiger partial charge in [-0.1, -0.05) is 92.5 Å². The van der Waals surface area contributed by atoms with Crippen LogP contribution in [0.4, 0.5) is 0 Å². The molecule has 0 fully saturated rings. The number of nitrogens with one attached hydrogen (secondary N) is 9. The van der Waals surface area contributed by atoms with E-state index in [0.29, 0.717) is 48.9 Å². The van der Waals surface area contributed by atoms with E-state index < -0.39 is 132 Å². The van der Waals surface area contributed by atoms with Gasteiger partial charge >= 0.3 is 5.97 Å². The SMILES string of the molecule is CC[C@H](C)[C@H](NC(=O)[C@H](CCCCN)NC(=O)[C@H](CO)NC(=O)[C@H](Cc1ccc(O)cc1)NC(=O)[C@@H](NC(=O)[C@H](Cc1cnc[nH]1)NC(=O)[C@H](Cc1ccc(O)cc1)NC(=O)[C@@H](NC(=O)[C@@H](N)CC(C)C)C(C)C)[C@@H](C)CC)C(=O)O. The van der Waals surface area contributed by atoms with Crippen molar-refractivity contribution in [3.8, 4) is 11.5 Å². The lowest BCUT2D eigenvalue weighted by Crippen LogP contribution is -2.62. The average Bonchev–Trinajstić information content (AvgIpc) is 3.95. The van der Waals surface area contributed by atoms with Gasteiger partial charge in [-0.3, -0.25) is 38.4 Å². The number of imidazole rings is 1. The van der Waals surface area contributed by atoms with Crippen molar-refractivity contribution in [3.05, 3.63) is 77.9 Å². The molecule has 0 aliphatic rings. The molecule has 1 heterocycles. The number of aromatic nitrogens is 2. The summed E-state index contributed by atoms with van der Waals surface area (Å²) in [6, 6.07) is -0.480. The number of rotatable bonds is 35. The zero-order valence-corrected chi connectivity index (χ0v) is 47.6. The van der Waals surface area contributed by atoms with E-state index >= 15 is 0 Å². The van der Waals surface area contributed by atoms with Crippen LogP contribution in [-0.2, 0) is 62.4 Å². The van der Waals surface area contributed by atoms with Gasteiger partial charge < -0.3 is 79.4 Å². The zero-order valence-electron chi connectivity index (χ0n) is 47.6. The fourth-order valence-corrected chi connectivity index (χ4v) is 8.58. The van der Waals surface area contributed by atoms with Gasteiger partial charge in [-0.15, -0.1) is 0 Å². The number of nitrogens with zero attached hydrogens (tertiary/aromatic N) is 1. The normalized spacial score (nSPS) is 15.4. The molecule has 1 aromatic heterocycles. The average molecular weight is 1140 g/mol. The lowest BCUT2D eigenvalue weighted by Gasteiger charge is -2.30. The number of H-pyrrole nitrogens is 1. The van der Waals surface area contributed by atoms with Crippen LogP contribution in [0.2, 0.25) is 0 Å². The number of aliphatic carboxylic acids is 1. The van der Waals surface area contributed by atoms with Crippen molar-refractivity contribution in [1.82, 2.24) is 52.5 Å². The van der Waals surface area contributed by atoms with Gasteiger partial charge in [0, 0.05) is 31.2 Å². The van der Waals surface area contributed by atoms with Gasteiger partial charge in [0.1, 0.15) is 59.8 Å². The zero-order chi connectivity index (χ0) is 60.5. The number of carboxylic acid groups (broad SMARTS) is 1. The Kier molecular flexibility index (Phi) is 28.3. The van der Waals surface area contributed by atoms with E-state index in [0.717, 1.165) is 0 Å². The Labute approximate surface area is 473 Å². The number of carbonyl (C=O) groups excluding carboxylic acids is 8. The van der Waals surface area contributed by atoms with Crippen LogP contribution in [0.3, 0.4) is 0 Å². The number of aliphatic hydroxyl groups is 1. The van der Waals surface area contributed by atoms with Crippen molar-refractivity contribution in [2.45, 2.75) is 168 Å². The summed E-state index contributed by atoms with van der Waals surface area (Å²) in [6.45, 7) is 13.3. The highest BCUT2D eigenvalue weighted by molar-refractivity contribution is 5.98. The van der Waals surface area contributed by atoms with E-state index in [1.807, 2.05) is 13.8 Å². The lowest BCUT2D eigenvalue weighted by atomic mass is 9.96. The lowest BCUT2D eigenvalue weighted by molar-refractivity contribution is -0.144. The molecule has 0 aliphatic carbocycles. The number of benzene rings is 2. The summed E-state index contributed by atoms with van der Waals surface area (Å²) in [4.78, 5) is 132. The van der Waals surface area contributed by atoms with Crippen LogP contribution >= 0.6 is 0 Å². The molecule has 25 nitrogen and oxygen atoms in total. The van der Waals surface area contributed by atoms with Crippen LogP contribution in [0.15, 0.2) is 61.1 Å². The number of nitrogens with two attached hydrogens (primary N) is 2. The largest absolute Gasteiger partial charge is 0.508 e. The highest BCUT2D eigenvalue weighted by Crippen LogP contribution is 2.17. The quantitative estimate of drug-likeness (QED) is 0.0346. The Morgan fingerprint density at radius 3 is 1.42 bits per heavy atom. The van der Waals surface area contributed by atoms with Crippen molar-refractivity contribution in [3.63, 3.8) is 0 Å². The van der Waals surface area contributed by atoms with E-state index in [2.05, 4.69) is 52.5 Å². The summed E-state index contributed by atoms with van der Waals surface area (Å²) in [5, 5.41) is 61.4. The molecule has 0 saturated carbocycles. The number of aliphatic hydroxyl groups excluding tert-OH is 1. The summed E-state index contributed by atoms with van der Waals surface area (Å²) in [5.41, 5.74) is 13.2. The van der Waals surface area contributed by atoms with Crippen LogP contribution in [0.25, 0.3) is 0 Å². The van der Waals surface area contributed by atoms with Crippen LogP contribution in [0, 0.1) is 23.7 Å². The monoisotopic (exact) mass is 1130 g/mol. The van der Waals surface area contributed by atoms with Crippen molar-refractivity contribution in [2.24, 2.45) is 35.1 Å². The van der Waals surface area contributed by atoms with Gasteiger partial charge in [0.15, 0.2) is 0 Å². The third-order valence-electron chi connectivity index (χ3n) is 13.9. The molecule has 0 saturated heterocycles. The number of hydrogen-bond donors (Lipinski definition) is 15. The minimum absolute atomic E-state index is 0.0354. The van der Waals surface area contributed by atoms with Gasteiger partial charge in [-0.05, 0) is 91.3 Å². The molecule has 2 aromatic carbocycles. The molecule has 0 radical (unpaired) electrons. The maximum absolute atomic E-state index is 14.6. The Balaban J connectivity index is 1.98. The number of hydrogen-bond acceptors (Lipinski definition) is 15. The molecule has 25 heteroatoms. The molecule has 0 unspecified atom stereocenters. The number of carboxylic acids is 1. The summed E-state index contributed by atoms with van der Waals surface area (Å²) < 4.78 is 0. The van der Waals surface area contributed by atoms with Gasteiger partial charge in [0.25, 0.3) is 0 Å². The number of unbranched alkanes of at least 4 members (excludes halogenated alkanes) is 1. The summed E-state index contributed by atoms with van der Waals surface area (Å²) in [5.74, 6) is -9.53. The third kappa shape index (κ3) is 22.4. The number of carbonyl (C=O) groups is 9. The number of aromatic amines is 1. The van der Waals surface area contributed by atoms with Crippen LogP contribution < -0.4 is 54.0 Å². The first kappa shape index (κ1) is 67.6. The van der Waals surface area contributed by atoms with E-state index in [1.165, 1.54) is 48.9 Å². The van der Waals surface area contributed by atoms with Crippen molar-refractivity contribution < 1.29 is 63.6 Å². The molecule has 8 amide bonds. The fraction of sp³-hybridized carbons (Fsp3) is 0.571. The molecule has 0 aliphatic heterocycles. The summed E-state index contributed by atoms with van der Waals surface area (Å²) >= 11 is 0. The third-order valence-corrected chi connectivity index (χ3v) is 13.9. The molecule has 17 N–H and O–H groups in total. The Bertz CT molecular complexity index is 2510. The first-order valence-corrected chi connectivity index (χ1v) is 27.6. The van der Waals surface area contributed by atoms with Gasteiger partial charge in [0.2, 0.25) is 47.3 Å². The second-order valence-corrected chi connectivity index (χ2v) is 21.3. The van der Waals surface area contributed by atoms with Gasteiger partial charge in [-0.2, -0.15) is 0 Å². The fourth-order valence-electron chi connectivity index (χ4n) is 8.58. The Morgan fingerprint density at radius 2 is 0.963 bits per heavy atom. The van der Waals surface area contributed by atoms with Crippen molar-refractivity contribution >= 4 is 53.2 Å². The van der Waals surface area contributed by atoms with E-state index in [-0.39, 0.29) is 49.6 Å². The number of aromatic hydroxyl groups is 2. The minimum atomic E-state index is -1.70. The topological polar surface area (TPSA) is 412 Å². The predicted molar refractivity (Wildman–Crippen MR) is 300 cm³/mol. The maximum atomic E-state index is 14.6. The van der Waals surface area contributed by atoms with Crippen molar-refractivity contribution in [2.75, 3.05) is 13.2 Å². The molecule has 448 valence electrons. The van der Waals surface area contributed by atoms with Gasteiger partial charge in [0.05, 0.1) is 19.0 Å². The first-order chi connectivity index (χ1) is 38.3. The number of phenols is 2. The highest BCUT2D eigenvalue weighted by atomic mass is 16.4. The molecule has 0 spiro atoms. The number of phenolic OH excluding ortho intramolecular Hbond substituents is 2.